The van der Waals surface area contributed by atoms with Crippen LogP contribution in [0.5, 0.6) is 0 Å². The van der Waals surface area contributed by atoms with E-state index in [-0.39, 0.29) is 5.91 Å². The Hall–Kier alpha value is -1.51. The fourth-order valence-corrected chi connectivity index (χ4v) is 2.77. The first-order valence-electron chi connectivity index (χ1n) is 7.22. The number of carbonyl (C=O) groups is 1. The molecule has 0 spiro atoms. The minimum Gasteiger partial charge on any atom is -0.399 e. The lowest BCUT2D eigenvalue weighted by Gasteiger charge is -2.38. The zero-order valence-corrected chi connectivity index (χ0v) is 11.9. The molecule has 19 heavy (non-hydrogen) atoms. The van der Waals surface area contributed by atoms with Crippen LogP contribution in [0.1, 0.15) is 38.7 Å². The van der Waals surface area contributed by atoms with E-state index < -0.39 is 0 Å². The van der Waals surface area contributed by atoms with Crippen LogP contribution in [0.15, 0.2) is 24.3 Å². The highest BCUT2D eigenvalue weighted by Crippen LogP contribution is 2.23. The predicted molar refractivity (Wildman–Crippen MR) is 78.7 cm³/mol. The van der Waals surface area contributed by atoms with Gasteiger partial charge < -0.3 is 10.6 Å². The Kier molecular flexibility index (Phi) is 4.46. The van der Waals surface area contributed by atoms with Gasteiger partial charge in [0.25, 0.3) is 0 Å². The van der Waals surface area contributed by atoms with E-state index in [1.54, 1.807) is 0 Å². The van der Waals surface area contributed by atoms with Gasteiger partial charge in [-0.1, -0.05) is 19.1 Å². The molecular formula is C16H24N2O. The molecule has 1 aliphatic rings. The standard InChI is InChI=1S/C16H24N2O/c1-12-4-3-11-18(13(12)2)16(19)10-7-14-5-8-15(17)9-6-14/h5-6,8-9,12-13H,3-4,7,10-11,17H2,1-2H3. The van der Waals surface area contributed by atoms with Crippen LogP contribution in [-0.4, -0.2) is 23.4 Å². The predicted octanol–water partition coefficient (Wildman–Crippen LogP) is 2.85. The third-order valence-electron chi connectivity index (χ3n) is 4.30. The van der Waals surface area contributed by atoms with Crippen LogP contribution in [0.4, 0.5) is 5.69 Å². The summed E-state index contributed by atoms with van der Waals surface area (Å²) in [6, 6.07) is 8.18. The highest BCUT2D eigenvalue weighted by molar-refractivity contribution is 5.77. The van der Waals surface area contributed by atoms with E-state index in [0.717, 1.165) is 25.1 Å². The second-order valence-corrected chi connectivity index (χ2v) is 5.69. The average Bonchev–Trinajstić information content (AvgIpc) is 2.41. The van der Waals surface area contributed by atoms with Gasteiger partial charge in [0.1, 0.15) is 0 Å². The Morgan fingerprint density at radius 1 is 1.32 bits per heavy atom. The van der Waals surface area contributed by atoms with E-state index in [0.29, 0.717) is 18.4 Å². The zero-order chi connectivity index (χ0) is 13.8. The summed E-state index contributed by atoms with van der Waals surface area (Å²) in [6.45, 7) is 5.33. The third kappa shape index (κ3) is 3.49. The number of piperidine rings is 1. The molecule has 3 nitrogen and oxygen atoms in total. The van der Waals surface area contributed by atoms with Crippen molar-refractivity contribution in [2.75, 3.05) is 12.3 Å². The van der Waals surface area contributed by atoms with Gasteiger partial charge in [-0.15, -0.1) is 0 Å². The molecule has 1 amide bonds. The van der Waals surface area contributed by atoms with Gasteiger partial charge in [0.15, 0.2) is 0 Å². The molecule has 0 aromatic heterocycles. The number of amides is 1. The van der Waals surface area contributed by atoms with Gasteiger partial charge in [0, 0.05) is 24.7 Å². The van der Waals surface area contributed by atoms with Crippen molar-refractivity contribution in [3.05, 3.63) is 29.8 Å². The molecule has 1 saturated heterocycles. The number of hydrogen-bond acceptors (Lipinski definition) is 2. The first kappa shape index (κ1) is 13.9. The number of likely N-dealkylation sites (tertiary alicyclic amines) is 1. The van der Waals surface area contributed by atoms with Crippen LogP contribution in [0.2, 0.25) is 0 Å². The normalized spacial score (nSPS) is 23.4. The van der Waals surface area contributed by atoms with E-state index in [1.165, 1.54) is 12.0 Å². The molecule has 1 heterocycles. The highest BCUT2D eigenvalue weighted by Gasteiger charge is 2.27. The highest BCUT2D eigenvalue weighted by atomic mass is 16.2. The number of rotatable bonds is 3. The van der Waals surface area contributed by atoms with Crippen molar-refractivity contribution in [1.29, 1.82) is 0 Å². The molecule has 2 rings (SSSR count). The molecule has 1 fully saturated rings. The maximum absolute atomic E-state index is 12.3. The van der Waals surface area contributed by atoms with Gasteiger partial charge in [-0.25, -0.2) is 0 Å². The molecule has 1 aliphatic heterocycles. The molecule has 0 saturated carbocycles. The fourth-order valence-electron chi connectivity index (χ4n) is 2.77. The Balaban J connectivity index is 1.88. The van der Waals surface area contributed by atoms with Crippen molar-refractivity contribution >= 4 is 11.6 Å². The average molecular weight is 260 g/mol. The van der Waals surface area contributed by atoms with Crippen molar-refractivity contribution in [2.45, 2.75) is 45.6 Å². The number of nitrogens with two attached hydrogens (primary N) is 1. The number of benzene rings is 1. The zero-order valence-electron chi connectivity index (χ0n) is 11.9. The van der Waals surface area contributed by atoms with Gasteiger partial charge in [0.05, 0.1) is 0 Å². The van der Waals surface area contributed by atoms with Crippen molar-refractivity contribution in [2.24, 2.45) is 5.92 Å². The van der Waals surface area contributed by atoms with Gasteiger partial charge in [-0.2, -0.15) is 0 Å². The van der Waals surface area contributed by atoms with Crippen molar-refractivity contribution < 1.29 is 4.79 Å². The third-order valence-corrected chi connectivity index (χ3v) is 4.30. The lowest BCUT2D eigenvalue weighted by molar-refractivity contribution is -0.135. The van der Waals surface area contributed by atoms with Crippen LogP contribution >= 0.6 is 0 Å². The maximum atomic E-state index is 12.3. The summed E-state index contributed by atoms with van der Waals surface area (Å²) in [7, 11) is 0. The number of anilines is 1. The summed E-state index contributed by atoms with van der Waals surface area (Å²) >= 11 is 0. The van der Waals surface area contributed by atoms with Gasteiger partial charge in [-0.3, -0.25) is 4.79 Å². The van der Waals surface area contributed by atoms with Gasteiger partial charge >= 0.3 is 0 Å². The smallest absolute Gasteiger partial charge is 0.223 e. The molecule has 2 atom stereocenters. The Morgan fingerprint density at radius 3 is 2.68 bits per heavy atom. The SMILES string of the molecule is CC1CCCN(C(=O)CCc2ccc(N)cc2)C1C. The molecule has 1 aromatic rings. The van der Waals surface area contributed by atoms with Crippen LogP contribution < -0.4 is 5.73 Å². The summed E-state index contributed by atoms with van der Waals surface area (Å²) in [5, 5.41) is 0. The second kappa shape index (κ2) is 6.09. The quantitative estimate of drug-likeness (QED) is 0.849. The van der Waals surface area contributed by atoms with Crippen molar-refractivity contribution in [3.63, 3.8) is 0 Å². The molecule has 3 heteroatoms. The number of aryl methyl sites for hydroxylation is 1. The monoisotopic (exact) mass is 260 g/mol. The molecule has 2 unspecified atom stereocenters. The molecule has 1 aromatic carbocycles. The van der Waals surface area contributed by atoms with Gasteiger partial charge in [-0.05, 0) is 49.8 Å². The van der Waals surface area contributed by atoms with Gasteiger partial charge in [0.2, 0.25) is 5.91 Å². The van der Waals surface area contributed by atoms with Crippen LogP contribution in [0.3, 0.4) is 0 Å². The number of carbonyl (C=O) groups excluding carboxylic acids is 1. The van der Waals surface area contributed by atoms with E-state index in [1.807, 2.05) is 24.3 Å². The Morgan fingerprint density at radius 2 is 2.00 bits per heavy atom. The Bertz CT molecular complexity index is 427. The molecular weight excluding hydrogens is 236 g/mol. The van der Waals surface area contributed by atoms with E-state index in [9.17, 15) is 4.79 Å². The van der Waals surface area contributed by atoms with Crippen LogP contribution in [0, 0.1) is 5.92 Å². The summed E-state index contributed by atoms with van der Waals surface area (Å²) in [5.74, 6) is 0.907. The van der Waals surface area contributed by atoms with E-state index in [4.69, 9.17) is 5.73 Å². The number of hydrogen-bond donors (Lipinski definition) is 1. The number of nitrogen functional groups attached to an aromatic ring is 1. The summed E-state index contributed by atoms with van der Waals surface area (Å²) < 4.78 is 0. The summed E-state index contributed by atoms with van der Waals surface area (Å²) in [4.78, 5) is 14.4. The molecule has 104 valence electrons. The Labute approximate surface area is 115 Å². The first-order valence-corrected chi connectivity index (χ1v) is 7.22. The topological polar surface area (TPSA) is 46.3 Å². The fraction of sp³-hybridized carbons (Fsp3) is 0.562. The summed E-state index contributed by atoms with van der Waals surface area (Å²) in [5.41, 5.74) is 7.61. The lowest BCUT2D eigenvalue weighted by Crippen LogP contribution is -2.46. The molecule has 0 aliphatic carbocycles. The minimum absolute atomic E-state index is 0.288. The molecule has 0 radical (unpaired) electrons. The second-order valence-electron chi connectivity index (χ2n) is 5.69. The lowest BCUT2D eigenvalue weighted by atomic mass is 9.91. The van der Waals surface area contributed by atoms with Crippen LogP contribution in [-0.2, 0) is 11.2 Å². The molecule has 2 N–H and O–H groups in total. The number of nitrogens with zero attached hydrogens (tertiary/aromatic N) is 1. The van der Waals surface area contributed by atoms with Crippen molar-refractivity contribution in [3.8, 4) is 0 Å². The minimum atomic E-state index is 0.288. The van der Waals surface area contributed by atoms with Crippen LogP contribution in [0.25, 0.3) is 0 Å². The van der Waals surface area contributed by atoms with Crippen molar-refractivity contribution in [1.82, 2.24) is 4.90 Å². The maximum Gasteiger partial charge on any atom is 0.223 e. The van der Waals surface area contributed by atoms with E-state index >= 15 is 0 Å². The summed E-state index contributed by atoms with van der Waals surface area (Å²) in [6.07, 6.45) is 3.78. The first-order chi connectivity index (χ1) is 9.08. The molecule has 0 bridgehead atoms. The van der Waals surface area contributed by atoms with E-state index in [2.05, 4.69) is 18.7 Å². The largest absolute Gasteiger partial charge is 0.399 e.